The van der Waals surface area contributed by atoms with Gasteiger partial charge in [-0.15, -0.1) is 0 Å². The molecular weight excluding hydrogens is 348 g/mol. The zero-order valence-corrected chi connectivity index (χ0v) is 16.2. The molecule has 0 spiro atoms. The number of ether oxygens (including phenoxy) is 1. The van der Waals surface area contributed by atoms with E-state index in [2.05, 4.69) is 15.2 Å². The van der Waals surface area contributed by atoms with E-state index in [0.717, 1.165) is 50.5 Å². The van der Waals surface area contributed by atoms with Gasteiger partial charge >= 0.3 is 0 Å². The predicted molar refractivity (Wildman–Crippen MR) is 104 cm³/mol. The number of hydrogen-bond donors (Lipinski definition) is 1. The van der Waals surface area contributed by atoms with Gasteiger partial charge < -0.3 is 15.0 Å². The van der Waals surface area contributed by atoms with E-state index in [1.54, 1.807) is 7.05 Å². The Morgan fingerprint density at radius 2 is 1.93 bits per heavy atom. The van der Waals surface area contributed by atoms with Crippen LogP contribution in [0.5, 0.6) is 0 Å². The summed E-state index contributed by atoms with van der Waals surface area (Å²) in [6, 6.07) is 3.58. The maximum absolute atomic E-state index is 13.7. The number of benzene rings is 1. The van der Waals surface area contributed by atoms with Crippen molar-refractivity contribution in [3.8, 4) is 0 Å². The first kappa shape index (κ1) is 20.1. The van der Waals surface area contributed by atoms with Crippen LogP contribution in [0.2, 0.25) is 0 Å². The molecule has 0 radical (unpaired) electrons. The highest BCUT2D eigenvalue weighted by atomic mass is 19.1. The highest BCUT2D eigenvalue weighted by molar-refractivity contribution is 5.79. The summed E-state index contributed by atoms with van der Waals surface area (Å²) in [5.74, 6) is 0.811. The standard InChI is InChI=1S/C21H31F2N3O/c1-24-21(25-11-8-17-14-18(22)6-7-20(17)23)26-12-9-19(10-13-26)27-15-16-4-2-3-5-16/h6-7,14,16,19H,2-5,8-13,15H2,1H3,(H,24,25). The number of nitrogens with one attached hydrogen (secondary N) is 1. The number of likely N-dealkylation sites (tertiary alicyclic amines) is 1. The van der Waals surface area contributed by atoms with Crippen LogP contribution in [-0.2, 0) is 11.2 Å². The summed E-state index contributed by atoms with van der Waals surface area (Å²) < 4.78 is 33.1. The number of piperidine rings is 1. The zero-order valence-electron chi connectivity index (χ0n) is 16.2. The Morgan fingerprint density at radius 1 is 1.19 bits per heavy atom. The van der Waals surface area contributed by atoms with E-state index in [9.17, 15) is 8.78 Å². The maximum atomic E-state index is 13.7. The lowest BCUT2D eigenvalue weighted by molar-refractivity contribution is 0.00103. The quantitative estimate of drug-likeness (QED) is 0.604. The molecule has 1 aliphatic heterocycles. The fraction of sp³-hybridized carbons (Fsp3) is 0.667. The minimum absolute atomic E-state index is 0.348. The van der Waals surface area contributed by atoms with Gasteiger partial charge in [0.2, 0.25) is 0 Å². The Kier molecular flexibility index (Phi) is 7.44. The van der Waals surface area contributed by atoms with Crippen LogP contribution in [0.25, 0.3) is 0 Å². The van der Waals surface area contributed by atoms with Crippen molar-refractivity contribution in [1.29, 1.82) is 0 Å². The van der Waals surface area contributed by atoms with Crippen molar-refractivity contribution in [1.82, 2.24) is 10.2 Å². The second-order valence-electron chi connectivity index (χ2n) is 7.63. The first-order chi connectivity index (χ1) is 13.2. The van der Waals surface area contributed by atoms with Crippen molar-refractivity contribution in [2.45, 2.75) is 51.0 Å². The van der Waals surface area contributed by atoms with Crippen LogP contribution in [-0.4, -0.2) is 50.3 Å². The van der Waals surface area contributed by atoms with E-state index in [0.29, 0.717) is 24.6 Å². The van der Waals surface area contributed by atoms with Gasteiger partial charge in [0.05, 0.1) is 6.10 Å². The number of guanidine groups is 1. The molecule has 0 aromatic heterocycles. The Balaban J connectivity index is 1.39. The summed E-state index contributed by atoms with van der Waals surface area (Å²) in [7, 11) is 1.76. The molecule has 150 valence electrons. The van der Waals surface area contributed by atoms with Crippen molar-refractivity contribution in [2.24, 2.45) is 10.9 Å². The molecule has 1 aromatic rings. The second-order valence-corrected chi connectivity index (χ2v) is 7.63. The third-order valence-corrected chi connectivity index (χ3v) is 5.68. The molecule has 1 saturated carbocycles. The lowest BCUT2D eigenvalue weighted by Crippen LogP contribution is -2.47. The lowest BCUT2D eigenvalue weighted by atomic mass is 10.1. The number of halogens is 2. The van der Waals surface area contributed by atoms with Crippen molar-refractivity contribution < 1.29 is 13.5 Å². The Hall–Kier alpha value is -1.69. The molecule has 2 aliphatic rings. The molecule has 2 fully saturated rings. The molecule has 1 N–H and O–H groups in total. The van der Waals surface area contributed by atoms with E-state index in [-0.39, 0.29) is 5.82 Å². The normalized spacial score (nSPS) is 19.7. The van der Waals surface area contributed by atoms with E-state index in [4.69, 9.17) is 4.74 Å². The molecule has 1 aliphatic carbocycles. The van der Waals surface area contributed by atoms with Crippen LogP contribution < -0.4 is 5.32 Å². The lowest BCUT2D eigenvalue weighted by Gasteiger charge is -2.34. The summed E-state index contributed by atoms with van der Waals surface area (Å²) in [6.07, 6.45) is 8.13. The van der Waals surface area contributed by atoms with Crippen molar-refractivity contribution >= 4 is 5.96 Å². The maximum Gasteiger partial charge on any atom is 0.193 e. The Labute approximate surface area is 161 Å². The topological polar surface area (TPSA) is 36.9 Å². The van der Waals surface area contributed by atoms with Crippen molar-refractivity contribution in [2.75, 3.05) is 33.3 Å². The van der Waals surface area contributed by atoms with Crippen molar-refractivity contribution in [3.05, 3.63) is 35.4 Å². The molecule has 4 nitrogen and oxygen atoms in total. The van der Waals surface area contributed by atoms with Gasteiger partial charge in [0.25, 0.3) is 0 Å². The van der Waals surface area contributed by atoms with Crippen LogP contribution in [0.1, 0.15) is 44.1 Å². The Bertz CT molecular complexity index is 624. The van der Waals surface area contributed by atoms with Gasteiger partial charge in [0.1, 0.15) is 11.6 Å². The molecule has 0 amide bonds. The third kappa shape index (κ3) is 5.89. The van der Waals surface area contributed by atoms with Crippen LogP contribution in [0.3, 0.4) is 0 Å². The molecular formula is C21H31F2N3O. The largest absolute Gasteiger partial charge is 0.378 e. The van der Waals surface area contributed by atoms with Crippen molar-refractivity contribution in [3.63, 3.8) is 0 Å². The Morgan fingerprint density at radius 3 is 2.63 bits per heavy atom. The summed E-state index contributed by atoms with van der Waals surface area (Å²) in [5, 5.41) is 3.27. The SMILES string of the molecule is CN=C(NCCc1cc(F)ccc1F)N1CCC(OCC2CCCC2)CC1. The monoisotopic (exact) mass is 379 g/mol. The van der Waals surface area contributed by atoms with Gasteiger partial charge in [0.15, 0.2) is 5.96 Å². The molecule has 0 atom stereocenters. The molecule has 1 aromatic carbocycles. The van der Waals surface area contributed by atoms with E-state index < -0.39 is 5.82 Å². The predicted octanol–water partition coefficient (Wildman–Crippen LogP) is 3.75. The summed E-state index contributed by atoms with van der Waals surface area (Å²) in [5.41, 5.74) is 0.386. The molecule has 0 unspecified atom stereocenters. The van der Waals surface area contributed by atoms with Crippen LogP contribution in [0.15, 0.2) is 23.2 Å². The van der Waals surface area contributed by atoms with E-state index in [1.165, 1.54) is 37.8 Å². The minimum atomic E-state index is -0.407. The molecule has 1 heterocycles. The van der Waals surface area contributed by atoms with Crippen LogP contribution >= 0.6 is 0 Å². The van der Waals surface area contributed by atoms with Gasteiger partial charge in [-0.2, -0.15) is 0 Å². The third-order valence-electron chi connectivity index (χ3n) is 5.68. The molecule has 3 rings (SSSR count). The van der Waals surface area contributed by atoms with Gasteiger partial charge in [-0.05, 0) is 61.8 Å². The minimum Gasteiger partial charge on any atom is -0.378 e. The zero-order chi connectivity index (χ0) is 19.1. The van der Waals surface area contributed by atoms with Gasteiger partial charge in [0, 0.05) is 33.3 Å². The summed E-state index contributed by atoms with van der Waals surface area (Å²) in [4.78, 5) is 6.56. The second kappa shape index (κ2) is 10.0. The average molecular weight is 379 g/mol. The number of hydrogen-bond acceptors (Lipinski definition) is 2. The highest BCUT2D eigenvalue weighted by Crippen LogP contribution is 2.26. The smallest absolute Gasteiger partial charge is 0.193 e. The highest BCUT2D eigenvalue weighted by Gasteiger charge is 2.23. The van der Waals surface area contributed by atoms with Gasteiger partial charge in [-0.25, -0.2) is 8.78 Å². The van der Waals surface area contributed by atoms with Crippen LogP contribution in [0, 0.1) is 17.6 Å². The fourth-order valence-corrected chi connectivity index (χ4v) is 4.06. The first-order valence-corrected chi connectivity index (χ1v) is 10.2. The van der Waals surface area contributed by atoms with E-state index >= 15 is 0 Å². The van der Waals surface area contributed by atoms with Gasteiger partial charge in [-0.3, -0.25) is 4.99 Å². The number of aliphatic imine (C=N–C) groups is 1. The molecule has 6 heteroatoms. The molecule has 0 bridgehead atoms. The van der Waals surface area contributed by atoms with Crippen LogP contribution in [0.4, 0.5) is 8.78 Å². The summed E-state index contributed by atoms with van der Waals surface area (Å²) >= 11 is 0. The molecule has 1 saturated heterocycles. The van der Waals surface area contributed by atoms with Gasteiger partial charge in [-0.1, -0.05) is 12.8 Å². The average Bonchev–Trinajstić information content (AvgIpc) is 3.20. The molecule has 27 heavy (non-hydrogen) atoms. The number of rotatable bonds is 6. The fourth-order valence-electron chi connectivity index (χ4n) is 4.06. The summed E-state index contributed by atoms with van der Waals surface area (Å²) in [6.45, 7) is 3.24. The van der Waals surface area contributed by atoms with E-state index in [1.807, 2.05) is 0 Å². The number of nitrogens with zero attached hydrogens (tertiary/aromatic N) is 2. The first-order valence-electron chi connectivity index (χ1n) is 10.2.